The van der Waals surface area contributed by atoms with Crippen LogP contribution in [0.5, 0.6) is 0 Å². The quantitative estimate of drug-likeness (QED) is 0.386. The van der Waals surface area contributed by atoms with Crippen molar-refractivity contribution in [3.8, 4) is 0 Å². The molecule has 2 aliphatic heterocycles. The van der Waals surface area contributed by atoms with Crippen molar-refractivity contribution in [2.75, 3.05) is 38.5 Å². The molecule has 3 N–H and O–H groups in total. The Bertz CT molecular complexity index is 1210. The van der Waals surface area contributed by atoms with Crippen molar-refractivity contribution in [3.05, 3.63) is 70.9 Å². The molecule has 2 aromatic rings. The largest absolute Gasteiger partial charge is 0.380 e. The van der Waals surface area contributed by atoms with Crippen LogP contribution < -0.4 is 16.1 Å². The molecule has 0 spiro atoms. The lowest BCUT2D eigenvalue weighted by atomic mass is 9.44. The number of nitrogens with one attached hydrogen (secondary N) is 3. The molecule has 2 aromatic carbocycles. The fraction of sp³-hybridized carbons (Fsp3) is 0.531. The molecule has 0 radical (unpaired) electrons. The molecule has 1 saturated heterocycles. The smallest absolute Gasteiger partial charge is 0.210 e. The van der Waals surface area contributed by atoms with Crippen LogP contribution in [0.4, 0.5) is 5.69 Å². The minimum absolute atomic E-state index is 0.168. The number of hydrogen-bond donors (Lipinski definition) is 3. The maximum absolute atomic E-state index is 4.50. The van der Waals surface area contributed by atoms with Crippen LogP contribution in [0.1, 0.15) is 61.9 Å². The summed E-state index contributed by atoms with van der Waals surface area (Å²) in [6.07, 6.45) is 7.04. The highest BCUT2D eigenvalue weighted by Gasteiger charge is 2.57. The summed E-state index contributed by atoms with van der Waals surface area (Å²) in [5.41, 5.74) is 10.3. The summed E-state index contributed by atoms with van der Waals surface area (Å²) in [6.45, 7) is 13.9. The third-order valence-electron chi connectivity index (χ3n) is 10.2. The number of nitrogens with zero attached hydrogens (tertiary/aromatic N) is 3. The van der Waals surface area contributed by atoms with Crippen LogP contribution in [0.3, 0.4) is 0 Å². The van der Waals surface area contributed by atoms with Crippen LogP contribution in [0, 0.1) is 30.1 Å². The zero-order valence-corrected chi connectivity index (χ0v) is 23.7. The number of aryl methyl sites for hydroxylation is 1. The van der Waals surface area contributed by atoms with Crippen LogP contribution in [0.25, 0.3) is 6.08 Å². The number of guanidine groups is 1. The van der Waals surface area contributed by atoms with Crippen LogP contribution in [0.15, 0.2) is 53.7 Å². The van der Waals surface area contributed by atoms with E-state index < -0.39 is 0 Å². The van der Waals surface area contributed by atoms with E-state index in [0.717, 1.165) is 61.6 Å². The fourth-order valence-electron chi connectivity index (χ4n) is 7.64. The van der Waals surface area contributed by atoms with Gasteiger partial charge in [0.15, 0.2) is 0 Å². The van der Waals surface area contributed by atoms with Gasteiger partial charge in [-0.25, -0.2) is 5.01 Å². The van der Waals surface area contributed by atoms with Gasteiger partial charge in [0.1, 0.15) is 0 Å². The first-order valence-electron chi connectivity index (χ1n) is 14.5. The van der Waals surface area contributed by atoms with E-state index in [9.17, 15) is 0 Å². The zero-order valence-electron chi connectivity index (χ0n) is 23.7. The van der Waals surface area contributed by atoms with Gasteiger partial charge in [0.2, 0.25) is 5.96 Å². The number of hydrogen-bond acceptors (Lipinski definition) is 4. The number of rotatable bonds is 4. The molecular weight excluding hydrogens is 468 g/mol. The summed E-state index contributed by atoms with van der Waals surface area (Å²) in [7, 11) is 1.84. The van der Waals surface area contributed by atoms with E-state index in [4.69, 9.17) is 0 Å². The summed E-state index contributed by atoms with van der Waals surface area (Å²) in [4.78, 5) is 7.26. The van der Waals surface area contributed by atoms with Gasteiger partial charge in [-0.15, -0.1) is 0 Å². The SMILES string of the molecule is CN=C(Nc1ccc(C2NC=Cc3ccc(C)cc32)cc1)NN1CCN(C2CC3CC(C2C)C3(C)C)CC1. The predicted molar refractivity (Wildman–Crippen MR) is 158 cm³/mol. The van der Waals surface area contributed by atoms with Gasteiger partial charge in [-0.1, -0.05) is 56.7 Å². The molecule has 5 aliphatic rings. The van der Waals surface area contributed by atoms with Gasteiger partial charge < -0.3 is 10.6 Å². The third kappa shape index (κ3) is 4.62. The Labute approximate surface area is 228 Å². The lowest BCUT2D eigenvalue weighted by Gasteiger charge is -2.64. The molecule has 6 heteroatoms. The lowest BCUT2D eigenvalue weighted by molar-refractivity contribution is -0.143. The molecule has 202 valence electrons. The minimum Gasteiger partial charge on any atom is -0.380 e. The monoisotopic (exact) mass is 512 g/mol. The van der Waals surface area contributed by atoms with Crippen LogP contribution in [0.2, 0.25) is 0 Å². The van der Waals surface area contributed by atoms with Crippen molar-refractivity contribution in [3.63, 3.8) is 0 Å². The standard InChI is InChI=1S/C32H44N6/c1-21-6-7-23-12-13-34-30(27(23)18-21)24-8-10-26(11-9-24)35-31(33-5)36-38-16-14-37(15-17-38)29-20-25-19-28(22(29)2)32(25,3)4/h6-13,18,22,25,28-30,34H,14-17,19-20H2,1-5H3,(H2,33,35,36). The molecule has 7 rings (SSSR count). The summed E-state index contributed by atoms with van der Waals surface area (Å²) in [5.74, 6) is 3.42. The number of aliphatic imine (C=N–C) groups is 1. The first-order valence-corrected chi connectivity index (χ1v) is 14.5. The Morgan fingerprint density at radius 2 is 1.79 bits per heavy atom. The Balaban J connectivity index is 1.03. The number of anilines is 1. The highest BCUT2D eigenvalue weighted by atomic mass is 15.6. The second kappa shape index (κ2) is 10.0. The van der Waals surface area contributed by atoms with Crippen molar-refractivity contribution in [2.45, 2.75) is 52.6 Å². The fourth-order valence-corrected chi connectivity index (χ4v) is 7.64. The highest BCUT2D eigenvalue weighted by Crippen LogP contribution is 2.62. The lowest BCUT2D eigenvalue weighted by Crippen LogP contribution is -2.64. The van der Waals surface area contributed by atoms with E-state index in [-0.39, 0.29) is 6.04 Å². The molecule has 0 aromatic heterocycles. The molecule has 0 amide bonds. The molecule has 3 saturated carbocycles. The van der Waals surface area contributed by atoms with Gasteiger partial charge in [0.25, 0.3) is 0 Å². The second-order valence-corrected chi connectivity index (χ2v) is 12.5. The van der Waals surface area contributed by atoms with Crippen molar-refractivity contribution in [1.82, 2.24) is 20.7 Å². The third-order valence-corrected chi connectivity index (χ3v) is 10.2. The topological polar surface area (TPSA) is 54.9 Å². The van der Waals surface area contributed by atoms with E-state index in [1.807, 2.05) is 7.05 Å². The van der Waals surface area contributed by atoms with Crippen molar-refractivity contribution < 1.29 is 0 Å². The summed E-state index contributed by atoms with van der Waals surface area (Å²) >= 11 is 0. The molecule has 5 atom stereocenters. The summed E-state index contributed by atoms with van der Waals surface area (Å²) in [6, 6.07) is 16.3. The van der Waals surface area contributed by atoms with Crippen molar-refractivity contribution in [1.29, 1.82) is 0 Å². The summed E-state index contributed by atoms with van der Waals surface area (Å²) < 4.78 is 0. The average Bonchev–Trinajstić information content (AvgIpc) is 2.93. The molecule has 38 heavy (non-hydrogen) atoms. The Morgan fingerprint density at radius 3 is 2.47 bits per heavy atom. The molecule has 4 fully saturated rings. The number of piperazine rings is 1. The molecule has 2 bridgehead atoms. The maximum atomic E-state index is 4.50. The Morgan fingerprint density at radius 1 is 1.03 bits per heavy atom. The van der Waals surface area contributed by atoms with Crippen molar-refractivity contribution >= 4 is 17.7 Å². The average molecular weight is 513 g/mol. The van der Waals surface area contributed by atoms with E-state index in [1.165, 1.54) is 35.1 Å². The second-order valence-electron chi connectivity index (χ2n) is 12.5. The van der Waals surface area contributed by atoms with Crippen LogP contribution in [-0.2, 0) is 0 Å². The van der Waals surface area contributed by atoms with Gasteiger partial charge >= 0.3 is 0 Å². The zero-order chi connectivity index (χ0) is 26.4. The molecule has 2 heterocycles. The maximum Gasteiger partial charge on any atom is 0.210 e. The van der Waals surface area contributed by atoms with Crippen molar-refractivity contribution in [2.24, 2.45) is 28.2 Å². The van der Waals surface area contributed by atoms with Gasteiger partial charge in [0, 0.05) is 45.0 Å². The van der Waals surface area contributed by atoms with E-state index >= 15 is 0 Å². The Kier molecular flexibility index (Phi) is 6.73. The van der Waals surface area contributed by atoms with Gasteiger partial charge in [0.05, 0.1) is 6.04 Å². The van der Waals surface area contributed by atoms with Gasteiger partial charge in [-0.05, 0) is 84.0 Å². The van der Waals surface area contributed by atoms with Crippen LogP contribution >= 0.6 is 0 Å². The first kappa shape index (κ1) is 25.4. The number of benzene rings is 2. The first-order chi connectivity index (χ1) is 18.3. The van der Waals surface area contributed by atoms with E-state index in [2.05, 4.69) is 113 Å². The number of fused-ring (bicyclic) bond motifs is 3. The molecule has 6 nitrogen and oxygen atoms in total. The van der Waals surface area contributed by atoms with E-state index in [0.29, 0.717) is 5.41 Å². The molecular formula is C32H44N6. The van der Waals surface area contributed by atoms with E-state index in [1.54, 1.807) is 0 Å². The van der Waals surface area contributed by atoms with Gasteiger partial charge in [-0.3, -0.25) is 15.3 Å². The predicted octanol–water partition coefficient (Wildman–Crippen LogP) is 5.25. The summed E-state index contributed by atoms with van der Waals surface area (Å²) in [5, 5.41) is 9.34. The minimum atomic E-state index is 0.168. The normalized spacial score (nSPS) is 30.7. The number of hydrazine groups is 1. The molecule has 3 aliphatic carbocycles. The molecule has 5 unspecified atom stereocenters. The highest BCUT2D eigenvalue weighted by molar-refractivity contribution is 5.93. The van der Waals surface area contributed by atoms with Crippen LogP contribution in [-0.4, -0.2) is 55.1 Å². The van der Waals surface area contributed by atoms with Gasteiger partial charge in [-0.2, -0.15) is 0 Å². The Hall–Kier alpha value is -2.83.